The van der Waals surface area contributed by atoms with Crippen LogP contribution in [0.15, 0.2) is 12.2 Å². The standard InChI is InChI=1S/C10H13Br/c11-8-9-4-1-2-5-10(8,9)7-3-6-9/h1-2,8H,3-7H2/t9-,10-/m0/s1. The largest absolute Gasteiger partial charge is 0.0879 e. The zero-order chi connectivity index (χ0) is 7.53. The summed E-state index contributed by atoms with van der Waals surface area (Å²) in [5, 5.41) is 0. The average molecular weight is 213 g/mol. The molecule has 0 nitrogen and oxygen atoms in total. The van der Waals surface area contributed by atoms with E-state index in [0.29, 0.717) is 0 Å². The maximum absolute atomic E-state index is 3.86. The first-order chi connectivity index (χ1) is 5.32. The molecule has 60 valence electrons. The second kappa shape index (κ2) is 1.76. The van der Waals surface area contributed by atoms with Crippen LogP contribution >= 0.6 is 15.9 Å². The van der Waals surface area contributed by atoms with Crippen molar-refractivity contribution >= 4 is 15.9 Å². The van der Waals surface area contributed by atoms with Crippen molar-refractivity contribution < 1.29 is 0 Å². The second-order valence-corrected chi connectivity index (χ2v) is 5.32. The van der Waals surface area contributed by atoms with E-state index in [1.54, 1.807) is 0 Å². The van der Waals surface area contributed by atoms with Gasteiger partial charge in [0.05, 0.1) is 0 Å². The number of rotatable bonds is 0. The quantitative estimate of drug-likeness (QED) is 0.428. The van der Waals surface area contributed by atoms with Crippen molar-refractivity contribution in [1.82, 2.24) is 0 Å². The fraction of sp³-hybridized carbons (Fsp3) is 0.800. The number of hydrogen-bond donors (Lipinski definition) is 0. The molecule has 3 aliphatic carbocycles. The Morgan fingerprint density at radius 1 is 1.09 bits per heavy atom. The molecule has 1 heteroatoms. The summed E-state index contributed by atoms with van der Waals surface area (Å²) in [5.41, 5.74) is 1.45. The Labute approximate surface area is 76.2 Å². The molecular formula is C10H13Br. The van der Waals surface area contributed by atoms with E-state index in [-0.39, 0.29) is 0 Å². The summed E-state index contributed by atoms with van der Waals surface area (Å²) in [6.07, 6.45) is 11.9. The molecule has 11 heavy (non-hydrogen) atoms. The maximum atomic E-state index is 3.86. The van der Waals surface area contributed by atoms with Gasteiger partial charge in [-0.15, -0.1) is 0 Å². The Kier molecular flexibility index (Phi) is 1.07. The number of alkyl halides is 1. The fourth-order valence-corrected chi connectivity index (χ4v) is 5.17. The third-order valence-corrected chi connectivity index (χ3v) is 6.01. The van der Waals surface area contributed by atoms with E-state index >= 15 is 0 Å². The van der Waals surface area contributed by atoms with Gasteiger partial charge < -0.3 is 0 Å². The lowest BCUT2D eigenvalue weighted by Crippen LogP contribution is -2.08. The molecule has 0 spiro atoms. The van der Waals surface area contributed by atoms with Crippen molar-refractivity contribution in [2.24, 2.45) is 10.8 Å². The zero-order valence-corrected chi connectivity index (χ0v) is 8.23. The van der Waals surface area contributed by atoms with Crippen molar-refractivity contribution in [3.8, 4) is 0 Å². The Morgan fingerprint density at radius 2 is 1.64 bits per heavy atom. The predicted octanol–water partition coefficient (Wildman–Crippen LogP) is 3.27. The normalized spacial score (nSPS) is 58.8. The summed E-state index contributed by atoms with van der Waals surface area (Å²) in [6, 6.07) is 0. The van der Waals surface area contributed by atoms with Crippen LogP contribution in [0, 0.1) is 10.8 Å². The average Bonchev–Trinajstić information content (AvgIpc) is 2.44. The van der Waals surface area contributed by atoms with E-state index in [0.717, 1.165) is 15.7 Å². The van der Waals surface area contributed by atoms with Gasteiger partial charge in [-0.25, -0.2) is 0 Å². The SMILES string of the molecule is BrC1[C@@]23CC=CC[C@]12CCC3. The van der Waals surface area contributed by atoms with Gasteiger partial charge in [-0.1, -0.05) is 34.5 Å². The smallest absolute Gasteiger partial charge is 0.0276 e. The number of allylic oxidation sites excluding steroid dienone is 2. The lowest BCUT2D eigenvalue weighted by Gasteiger charge is -2.18. The summed E-state index contributed by atoms with van der Waals surface area (Å²) in [5.74, 6) is 0. The molecule has 3 rings (SSSR count). The van der Waals surface area contributed by atoms with Gasteiger partial charge in [-0.05, 0) is 36.5 Å². The van der Waals surface area contributed by atoms with E-state index in [2.05, 4.69) is 28.1 Å². The van der Waals surface area contributed by atoms with Gasteiger partial charge in [-0.2, -0.15) is 0 Å². The minimum Gasteiger partial charge on any atom is -0.0879 e. The molecule has 0 aromatic heterocycles. The van der Waals surface area contributed by atoms with E-state index in [1.807, 2.05) is 0 Å². The summed E-state index contributed by atoms with van der Waals surface area (Å²) in [4.78, 5) is 0.853. The van der Waals surface area contributed by atoms with E-state index < -0.39 is 0 Å². The molecule has 0 heterocycles. The lowest BCUT2D eigenvalue weighted by atomic mass is 9.86. The number of halogens is 1. The molecule has 0 aliphatic heterocycles. The van der Waals surface area contributed by atoms with Crippen LogP contribution in [0.2, 0.25) is 0 Å². The van der Waals surface area contributed by atoms with Crippen LogP contribution in [0.4, 0.5) is 0 Å². The van der Waals surface area contributed by atoms with Gasteiger partial charge in [0.25, 0.3) is 0 Å². The van der Waals surface area contributed by atoms with Crippen molar-refractivity contribution in [3.05, 3.63) is 12.2 Å². The fourth-order valence-electron chi connectivity index (χ4n) is 3.55. The molecule has 0 unspecified atom stereocenters. The molecule has 0 aromatic carbocycles. The first kappa shape index (κ1) is 6.71. The summed E-state index contributed by atoms with van der Waals surface area (Å²) in [6.45, 7) is 0. The summed E-state index contributed by atoms with van der Waals surface area (Å²) >= 11 is 3.86. The molecular weight excluding hydrogens is 200 g/mol. The summed E-state index contributed by atoms with van der Waals surface area (Å²) in [7, 11) is 0. The monoisotopic (exact) mass is 212 g/mol. The molecule has 0 N–H and O–H groups in total. The van der Waals surface area contributed by atoms with E-state index in [1.165, 1.54) is 32.1 Å². The molecule has 0 saturated heterocycles. The van der Waals surface area contributed by atoms with Gasteiger partial charge in [0.15, 0.2) is 0 Å². The van der Waals surface area contributed by atoms with Crippen LogP contribution < -0.4 is 0 Å². The molecule has 2 fully saturated rings. The third-order valence-electron chi connectivity index (χ3n) is 4.26. The molecule has 2 saturated carbocycles. The van der Waals surface area contributed by atoms with Crippen molar-refractivity contribution in [1.29, 1.82) is 0 Å². The Bertz CT molecular complexity index is 211. The van der Waals surface area contributed by atoms with Crippen molar-refractivity contribution in [2.45, 2.75) is 36.9 Å². The van der Waals surface area contributed by atoms with Crippen LogP contribution in [-0.4, -0.2) is 4.83 Å². The lowest BCUT2D eigenvalue weighted by molar-refractivity contribution is 0.380. The predicted molar refractivity (Wildman–Crippen MR) is 49.8 cm³/mol. The van der Waals surface area contributed by atoms with E-state index in [4.69, 9.17) is 0 Å². The molecule has 0 amide bonds. The Morgan fingerprint density at radius 3 is 2.18 bits per heavy atom. The van der Waals surface area contributed by atoms with Gasteiger partial charge in [0.2, 0.25) is 0 Å². The topological polar surface area (TPSA) is 0 Å². The number of hydrogen-bond acceptors (Lipinski definition) is 0. The first-order valence-corrected chi connectivity index (χ1v) is 5.53. The minimum absolute atomic E-state index is 0.724. The highest BCUT2D eigenvalue weighted by molar-refractivity contribution is 9.09. The molecule has 0 radical (unpaired) electrons. The molecule has 3 aliphatic rings. The van der Waals surface area contributed by atoms with Gasteiger partial charge in [0, 0.05) is 4.83 Å². The first-order valence-electron chi connectivity index (χ1n) is 4.61. The van der Waals surface area contributed by atoms with E-state index in [9.17, 15) is 0 Å². The van der Waals surface area contributed by atoms with Crippen LogP contribution in [0.25, 0.3) is 0 Å². The van der Waals surface area contributed by atoms with Crippen LogP contribution in [0.5, 0.6) is 0 Å². The zero-order valence-electron chi connectivity index (χ0n) is 6.65. The highest BCUT2D eigenvalue weighted by Gasteiger charge is 2.76. The van der Waals surface area contributed by atoms with Crippen LogP contribution in [0.1, 0.15) is 32.1 Å². The van der Waals surface area contributed by atoms with Crippen molar-refractivity contribution in [2.75, 3.05) is 0 Å². The van der Waals surface area contributed by atoms with Crippen LogP contribution in [-0.2, 0) is 0 Å². The molecule has 0 bridgehead atoms. The third kappa shape index (κ3) is 0.526. The Balaban J connectivity index is 2.05. The van der Waals surface area contributed by atoms with Crippen molar-refractivity contribution in [3.63, 3.8) is 0 Å². The highest BCUT2D eigenvalue weighted by Crippen LogP contribution is 2.80. The highest BCUT2D eigenvalue weighted by atomic mass is 79.9. The second-order valence-electron chi connectivity index (χ2n) is 4.41. The summed E-state index contributed by atoms with van der Waals surface area (Å²) < 4.78 is 0. The molecule has 0 aromatic rings. The maximum Gasteiger partial charge on any atom is 0.0276 e. The minimum atomic E-state index is 0.724. The Hall–Kier alpha value is 0.220. The van der Waals surface area contributed by atoms with Crippen LogP contribution in [0.3, 0.4) is 0 Å². The molecule has 2 atom stereocenters. The van der Waals surface area contributed by atoms with Gasteiger partial charge >= 0.3 is 0 Å². The van der Waals surface area contributed by atoms with Gasteiger partial charge in [-0.3, -0.25) is 0 Å². The van der Waals surface area contributed by atoms with Gasteiger partial charge in [0.1, 0.15) is 0 Å².